The summed E-state index contributed by atoms with van der Waals surface area (Å²) in [6.45, 7) is 1.56. The van der Waals surface area contributed by atoms with Gasteiger partial charge in [-0.3, -0.25) is 9.48 Å². The topological polar surface area (TPSA) is 74.0 Å². The van der Waals surface area contributed by atoms with Gasteiger partial charge in [0.15, 0.2) is 5.82 Å². The summed E-state index contributed by atoms with van der Waals surface area (Å²) in [6.07, 6.45) is 7.78. The Morgan fingerprint density at radius 2 is 2.14 bits per heavy atom. The number of nitrogens with one attached hydrogen (secondary N) is 1. The van der Waals surface area contributed by atoms with Crippen LogP contribution in [0, 0.1) is 5.82 Å². The third-order valence-corrected chi connectivity index (χ3v) is 5.12. The molecule has 29 heavy (non-hydrogen) atoms. The molecule has 3 heterocycles. The van der Waals surface area contributed by atoms with Crippen LogP contribution in [0.1, 0.15) is 19.3 Å². The minimum Gasteiger partial charge on any atom is -0.368 e. The predicted molar refractivity (Wildman–Crippen MR) is 106 cm³/mol. The Balaban J connectivity index is 1.54. The van der Waals surface area contributed by atoms with E-state index >= 15 is 0 Å². The summed E-state index contributed by atoms with van der Waals surface area (Å²) in [5.41, 5.74) is 2.55. The molecule has 0 unspecified atom stereocenters. The van der Waals surface area contributed by atoms with Gasteiger partial charge < -0.3 is 14.6 Å². The number of ether oxygens (including phenoxy) is 1. The van der Waals surface area contributed by atoms with Crippen molar-refractivity contribution in [2.75, 3.05) is 13.2 Å². The van der Waals surface area contributed by atoms with Crippen molar-refractivity contribution in [2.45, 2.75) is 31.9 Å². The number of rotatable bonds is 6. The molecule has 2 aromatic heterocycles. The number of carbonyl (C=O) groups is 1. The lowest BCUT2D eigenvalue weighted by Crippen LogP contribution is -2.39. The van der Waals surface area contributed by atoms with E-state index < -0.39 is 0 Å². The Bertz CT molecular complexity index is 973. The molecule has 0 saturated carbocycles. The summed E-state index contributed by atoms with van der Waals surface area (Å²) in [6, 6.07) is 6.31. The first kappa shape index (κ1) is 19.3. The third kappa shape index (κ3) is 4.22. The van der Waals surface area contributed by atoms with Crippen LogP contribution in [-0.2, 0) is 23.1 Å². The van der Waals surface area contributed by atoms with E-state index in [9.17, 15) is 9.18 Å². The number of hydrogen-bond acceptors (Lipinski definition) is 4. The lowest BCUT2D eigenvalue weighted by molar-refractivity contribution is -0.135. The smallest absolute Gasteiger partial charge is 0.249 e. The largest absolute Gasteiger partial charge is 0.368 e. The van der Waals surface area contributed by atoms with Crippen molar-refractivity contribution in [3.63, 3.8) is 0 Å². The van der Waals surface area contributed by atoms with Gasteiger partial charge in [-0.2, -0.15) is 5.10 Å². The number of halogens is 1. The van der Waals surface area contributed by atoms with Crippen LogP contribution in [0.25, 0.3) is 22.6 Å². The molecule has 1 saturated heterocycles. The molecule has 1 aliphatic heterocycles. The Morgan fingerprint density at radius 3 is 2.83 bits per heavy atom. The molecule has 0 radical (unpaired) electrons. The monoisotopic (exact) mass is 397 g/mol. The number of aryl methyl sites for hydroxylation is 1. The van der Waals surface area contributed by atoms with Gasteiger partial charge in [-0.05, 0) is 37.0 Å². The summed E-state index contributed by atoms with van der Waals surface area (Å²) < 4.78 is 22.6. The van der Waals surface area contributed by atoms with Crippen molar-refractivity contribution in [3.05, 3.63) is 48.7 Å². The zero-order valence-electron chi connectivity index (χ0n) is 16.3. The molecule has 0 spiro atoms. The molecule has 1 aliphatic rings. The SMILES string of the molecule is Cn1ccnc1-c1c(-c2ccc(F)cc2)cnn1CCNC(=O)[C@@H]1CCCCO1. The van der Waals surface area contributed by atoms with Crippen molar-refractivity contribution < 1.29 is 13.9 Å². The van der Waals surface area contributed by atoms with E-state index in [4.69, 9.17) is 4.74 Å². The maximum Gasteiger partial charge on any atom is 0.249 e. The van der Waals surface area contributed by atoms with Crippen LogP contribution in [0.5, 0.6) is 0 Å². The zero-order chi connectivity index (χ0) is 20.2. The highest BCUT2D eigenvalue weighted by atomic mass is 19.1. The molecule has 0 aliphatic carbocycles. The summed E-state index contributed by atoms with van der Waals surface area (Å²) in [7, 11) is 1.91. The minimum absolute atomic E-state index is 0.0749. The van der Waals surface area contributed by atoms with Crippen molar-refractivity contribution in [3.8, 4) is 22.6 Å². The number of imidazole rings is 1. The van der Waals surface area contributed by atoms with E-state index in [2.05, 4.69) is 15.4 Å². The molecule has 8 heteroatoms. The van der Waals surface area contributed by atoms with Crippen molar-refractivity contribution in [1.29, 1.82) is 0 Å². The van der Waals surface area contributed by atoms with Crippen LogP contribution in [0.3, 0.4) is 0 Å². The fourth-order valence-electron chi connectivity index (χ4n) is 3.57. The highest BCUT2D eigenvalue weighted by Gasteiger charge is 2.22. The summed E-state index contributed by atoms with van der Waals surface area (Å²) in [5.74, 6) is 0.394. The van der Waals surface area contributed by atoms with E-state index in [-0.39, 0.29) is 17.8 Å². The number of amides is 1. The Morgan fingerprint density at radius 1 is 1.31 bits per heavy atom. The van der Waals surface area contributed by atoms with E-state index in [1.54, 1.807) is 24.5 Å². The molecule has 1 amide bonds. The lowest BCUT2D eigenvalue weighted by Gasteiger charge is -2.21. The molecule has 1 fully saturated rings. The molecule has 1 N–H and O–H groups in total. The highest BCUT2D eigenvalue weighted by Crippen LogP contribution is 2.31. The quantitative estimate of drug-likeness (QED) is 0.694. The molecular weight excluding hydrogens is 373 g/mol. The normalized spacial score (nSPS) is 16.7. The molecule has 1 aromatic carbocycles. The molecule has 0 bridgehead atoms. The minimum atomic E-state index is -0.356. The van der Waals surface area contributed by atoms with Crippen LogP contribution >= 0.6 is 0 Å². The first-order chi connectivity index (χ1) is 14.1. The fraction of sp³-hybridized carbons (Fsp3) is 0.381. The fourth-order valence-corrected chi connectivity index (χ4v) is 3.57. The second kappa shape index (κ2) is 8.57. The zero-order valence-corrected chi connectivity index (χ0v) is 16.3. The lowest BCUT2D eigenvalue weighted by atomic mass is 10.1. The molecule has 7 nitrogen and oxygen atoms in total. The Kier molecular flexibility index (Phi) is 5.71. The van der Waals surface area contributed by atoms with E-state index in [0.29, 0.717) is 19.7 Å². The van der Waals surface area contributed by atoms with Crippen molar-refractivity contribution in [2.24, 2.45) is 7.05 Å². The number of hydrogen-bond donors (Lipinski definition) is 1. The van der Waals surface area contributed by atoms with Gasteiger partial charge in [0, 0.05) is 38.2 Å². The average molecular weight is 397 g/mol. The van der Waals surface area contributed by atoms with E-state index in [0.717, 1.165) is 41.9 Å². The van der Waals surface area contributed by atoms with Crippen molar-refractivity contribution in [1.82, 2.24) is 24.6 Å². The average Bonchev–Trinajstić information content (AvgIpc) is 3.35. The van der Waals surface area contributed by atoms with Crippen LogP contribution in [0.2, 0.25) is 0 Å². The van der Waals surface area contributed by atoms with Crippen LogP contribution in [0.4, 0.5) is 4.39 Å². The number of benzene rings is 1. The van der Waals surface area contributed by atoms with Crippen LogP contribution < -0.4 is 5.32 Å². The standard InChI is InChI=1S/C21H24FN5O2/c1-26-11-9-23-20(26)19-17(15-5-7-16(22)8-6-15)14-25-27(19)12-10-24-21(28)18-4-2-3-13-29-18/h5-9,11,14,18H,2-4,10,12-13H2,1H3,(H,24,28)/t18-/m0/s1. The third-order valence-electron chi connectivity index (χ3n) is 5.12. The maximum atomic E-state index is 13.4. The highest BCUT2D eigenvalue weighted by molar-refractivity contribution is 5.81. The van der Waals surface area contributed by atoms with Gasteiger partial charge in [0.1, 0.15) is 17.6 Å². The van der Waals surface area contributed by atoms with Crippen LogP contribution in [-0.4, -0.2) is 44.5 Å². The van der Waals surface area contributed by atoms with Gasteiger partial charge in [0.05, 0.1) is 12.7 Å². The number of aromatic nitrogens is 4. The molecular formula is C21H24FN5O2. The molecule has 4 rings (SSSR count). The van der Waals surface area contributed by atoms with E-state index in [1.807, 2.05) is 22.5 Å². The summed E-state index contributed by atoms with van der Waals surface area (Å²) >= 11 is 0. The maximum absolute atomic E-state index is 13.4. The molecule has 1 atom stereocenters. The van der Waals surface area contributed by atoms with Gasteiger partial charge in [-0.25, -0.2) is 9.37 Å². The summed E-state index contributed by atoms with van der Waals surface area (Å²) in [4.78, 5) is 16.8. The molecule has 152 valence electrons. The van der Waals surface area contributed by atoms with Gasteiger partial charge in [0.25, 0.3) is 0 Å². The number of carbonyl (C=O) groups excluding carboxylic acids is 1. The Labute approximate surface area is 168 Å². The Hall–Kier alpha value is -3.00. The number of nitrogens with zero attached hydrogens (tertiary/aromatic N) is 4. The van der Waals surface area contributed by atoms with Gasteiger partial charge in [-0.15, -0.1) is 0 Å². The van der Waals surface area contributed by atoms with Gasteiger partial charge in [0.2, 0.25) is 5.91 Å². The van der Waals surface area contributed by atoms with Gasteiger partial charge in [-0.1, -0.05) is 12.1 Å². The van der Waals surface area contributed by atoms with Gasteiger partial charge >= 0.3 is 0 Å². The second-order valence-corrected chi connectivity index (χ2v) is 7.14. The van der Waals surface area contributed by atoms with Crippen molar-refractivity contribution >= 4 is 5.91 Å². The first-order valence-electron chi connectivity index (χ1n) is 9.82. The van der Waals surface area contributed by atoms with E-state index in [1.165, 1.54) is 12.1 Å². The van der Waals surface area contributed by atoms with Crippen LogP contribution in [0.15, 0.2) is 42.9 Å². The first-order valence-corrected chi connectivity index (χ1v) is 9.82. The predicted octanol–water partition coefficient (Wildman–Crippen LogP) is 2.78. The molecule has 3 aromatic rings. The second-order valence-electron chi connectivity index (χ2n) is 7.14. The summed E-state index contributed by atoms with van der Waals surface area (Å²) in [5, 5.41) is 7.45.